The van der Waals surface area contributed by atoms with E-state index in [1.807, 2.05) is 0 Å². The molecule has 102 valence electrons. The van der Waals surface area contributed by atoms with E-state index >= 15 is 0 Å². The molecule has 1 aromatic heterocycles. The fourth-order valence-corrected chi connectivity index (χ4v) is 3.04. The molecule has 2 N–H and O–H groups in total. The molecule has 0 fully saturated rings. The Hall–Kier alpha value is -2.09. The summed E-state index contributed by atoms with van der Waals surface area (Å²) in [6.07, 6.45) is 1.55. The molecular weight excluding hydrogens is 268 g/mol. The minimum absolute atomic E-state index is 0.0394. The molecule has 2 aromatic rings. The molecule has 0 aliphatic heterocycles. The summed E-state index contributed by atoms with van der Waals surface area (Å²) in [5.74, 6) is 0.185. The first-order chi connectivity index (χ1) is 8.92. The number of methoxy groups -OCH3 is 1. The lowest BCUT2D eigenvalue weighted by molar-refractivity contribution is 0.413. The van der Waals surface area contributed by atoms with E-state index in [1.165, 1.54) is 23.9 Å². The molecule has 0 bridgehead atoms. The molecule has 0 unspecified atom stereocenters. The van der Waals surface area contributed by atoms with Crippen LogP contribution in [0.1, 0.15) is 5.69 Å². The Morgan fingerprint density at radius 1 is 1.42 bits per heavy atom. The van der Waals surface area contributed by atoms with Crippen LogP contribution in [0.15, 0.2) is 29.3 Å². The molecule has 8 heteroatoms. The zero-order valence-corrected chi connectivity index (χ0v) is 11.4. The van der Waals surface area contributed by atoms with Crippen LogP contribution in [0.25, 0.3) is 0 Å². The predicted octanol–water partition coefficient (Wildman–Crippen LogP) is 0.380. The van der Waals surface area contributed by atoms with Gasteiger partial charge < -0.3 is 10.5 Å². The third-order valence-electron chi connectivity index (χ3n) is 2.54. The highest BCUT2D eigenvalue weighted by atomic mass is 32.2. The maximum absolute atomic E-state index is 12.3. The number of rotatable bonds is 4. The average molecular weight is 282 g/mol. The third-order valence-corrected chi connectivity index (χ3v) is 4.24. The van der Waals surface area contributed by atoms with Crippen LogP contribution in [0.3, 0.4) is 0 Å². The van der Waals surface area contributed by atoms with E-state index in [-0.39, 0.29) is 16.3 Å². The Bertz CT molecular complexity index is 694. The van der Waals surface area contributed by atoms with Gasteiger partial charge >= 0.3 is 0 Å². The number of hydrogen-bond acceptors (Lipinski definition) is 6. The quantitative estimate of drug-likeness (QED) is 0.814. The minimum Gasteiger partial charge on any atom is -0.497 e. The Morgan fingerprint density at radius 3 is 2.74 bits per heavy atom. The summed E-state index contributed by atoms with van der Waals surface area (Å²) in [4.78, 5) is 0.0394. The number of nitrogen functional groups attached to an aromatic ring is 1. The number of sulfone groups is 1. The second kappa shape index (κ2) is 4.88. The van der Waals surface area contributed by atoms with Crippen molar-refractivity contribution in [3.05, 3.63) is 30.1 Å². The molecule has 0 atom stereocenters. The molecule has 7 nitrogen and oxygen atoms in total. The zero-order valence-electron chi connectivity index (χ0n) is 10.6. The van der Waals surface area contributed by atoms with Crippen LogP contribution in [0.4, 0.5) is 5.69 Å². The van der Waals surface area contributed by atoms with E-state index in [1.54, 1.807) is 19.3 Å². The smallest absolute Gasteiger partial charge is 0.186 e. The predicted molar refractivity (Wildman–Crippen MR) is 69.3 cm³/mol. The second-order valence-corrected chi connectivity index (χ2v) is 6.00. The molecule has 0 saturated heterocycles. The number of aryl methyl sites for hydroxylation is 1. The van der Waals surface area contributed by atoms with Gasteiger partial charge in [0.1, 0.15) is 11.5 Å². The first kappa shape index (κ1) is 13.3. The van der Waals surface area contributed by atoms with Gasteiger partial charge in [0.25, 0.3) is 0 Å². The number of nitrogens with two attached hydrogens (primary N) is 1. The van der Waals surface area contributed by atoms with E-state index < -0.39 is 9.84 Å². The lowest BCUT2D eigenvalue weighted by Gasteiger charge is -2.08. The number of ether oxygens (including phenoxy) is 1. The first-order valence-corrected chi connectivity index (χ1v) is 7.09. The number of anilines is 1. The van der Waals surface area contributed by atoms with Gasteiger partial charge in [-0.3, -0.25) is 4.68 Å². The molecule has 0 aliphatic carbocycles. The highest BCUT2D eigenvalue weighted by Crippen LogP contribution is 2.26. The fourth-order valence-electron chi connectivity index (χ4n) is 1.64. The van der Waals surface area contributed by atoms with Gasteiger partial charge in [0.2, 0.25) is 0 Å². The van der Waals surface area contributed by atoms with Crippen molar-refractivity contribution in [3.8, 4) is 5.75 Å². The summed E-state index contributed by atoms with van der Waals surface area (Å²) in [6, 6.07) is 4.51. The van der Waals surface area contributed by atoms with Crippen molar-refractivity contribution in [1.29, 1.82) is 0 Å². The van der Waals surface area contributed by atoms with Crippen molar-refractivity contribution in [3.63, 3.8) is 0 Å². The first-order valence-electron chi connectivity index (χ1n) is 5.44. The van der Waals surface area contributed by atoms with Crippen LogP contribution in [0, 0.1) is 0 Å². The molecule has 1 aromatic carbocycles. The van der Waals surface area contributed by atoms with Crippen LogP contribution in [0.2, 0.25) is 0 Å². The number of hydrogen-bond donors (Lipinski definition) is 1. The standard InChI is InChI=1S/C11H14N4O3S/c1-15-6-8(13-14-15)7-19(16,17)11-5-9(18-2)3-4-10(11)12/h3-6H,7,12H2,1-2H3. The van der Waals surface area contributed by atoms with Crippen LogP contribution >= 0.6 is 0 Å². The van der Waals surface area contributed by atoms with Crippen LogP contribution in [-0.4, -0.2) is 30.5 Å². The minimum atomic E-state index is -3.58. The number of benzene rings is 1. The van der Waals surface area contributed by atoms with Crippen molar-refractivity contribution in [2.75, 3.05) is 12.8 Å². The van der Waals surface area contributed by atoms with E-state index in [9.17, 15) is 8.42 Å². The van der Waals surface area contributed by atoms with E-state index in [4.69, 9.17) is 10.5 Å². The Kier molecular flexibility index (Phi) is 3.43. The summed E-state index contributed by atoms with van der Waals surface area (Å²) < 4.78 is 31.0. The highest BCUT2D eigenvalue weighted by molar-refractivity contribution is 7.90. The van der Waals surface area contributed by atoms with Gasteiger partial charge in [-0.05, 0) is 12.1 Å². The SMILES string of the molecule is COc1ccc(N)c(S(=O)(=O)Cc2cn(C)nn2)c1. The topological polar surface area (TPSA) is 100 Å². The molecule has 0 spiro atoms. The van der Waals surface area contributed by atoms with Gasteiger partial charge in [-0.15, -0.1) is 5.10 Å². The highest BCUT2D eigenvalue weighted by Gasteiger charge is 2.20. The molecule has 0 radical (unpaired) electrons. The van der Waals surface area contributed by atoms with Gasteiger partial charge in [0.15, 0.2) is 9.84 Å². The van der Waals surface area contributed by atoms with Gasteiger partial charge in [-0.1, -0.05) is 5.21 Å². The Morgan fingerprint density at radius 2 is 2.16 bits per heavy atom. The Labute approximate surface area is 110 Å². The average Bonchev–Trinajstić information content (AvgIpc) is 2.74. The summed E-state index contributed by atoms with van der Waals surface area (Å²) in [5.41, 5.74) is 6.26. The van der Waals surface area contributed by atoms with Crippen molar-refractivity contribution < 1.29 is 13.2 Å². The molecular formula is C11H14N4O3S. The maximum atomic E-state index is 12.3. The maximum Gasteiger partial charge on any atom is 0.186 e. The number of nitrogens with zero attached hydrogens (tertiary/aromatic N) is 3. The van der Waals surface area contributed by atoms with Crippen molar-refractivity contribution in [2.24, 2.45) is 7.05 Å². The van der Waals surface area contributed by atoms with Gasteiger partial charge in [-0.25, -0.2) is 8.42 Å². The molecule has 0 amide bonds. The van der Waals surface area contributed by atoms with Gasteiger partial charge in [0.05, 0.1) is 23.4 Å². The fraction of sp³-hybridized carbons (Fsp3) is 0.273. The van der Waals surface area contributed by atoms with Crippen LogP contribution in [0.5, 0.6) is 5.75 Å². The Balaban J connectivity index is 2.39. The largest absolute Gasteiger partial charge is 0.497 e. The molecule has 19 heavy (non-hydrogen) atoms. The third kappa shape index (κ3) is 2.84. The molecule has 2 rings (SSSR count). The lowest BCUT2D eigenvalue weighted by Crippen LogP contribution is -2.08. The summed E-state index contributed by atoms with van der Waals surface area (Å²) in [7, 11) is -0.452. The van der Waals surface area contributed by atoms with Crippen LogP contribution in [-0.2, 0) is 22.6 Å². The lowest BCUT2D eigenvalue weighted by atomic mass is 10.3. The normalized spacial score (nSPS) is 11.5. The van der Waals surface area contributed by atoms with Crippen molar-refractivity contribution in [1.82, 2.24) is 15.0 Å². The van der Waals surface area contributed by atoms with Gasteiger partial charge in [-0.2, -0.15) is 0 Å². The molecule has 1 heterocycles. The van der Waals surface area contributed by atoms with E-state index in [0.717, 1.165) is 0 Å². The molecule has 0 aliphatic rings. The zero-order chi connectivity index (χ0) is 14.0. The van der Waals surface area contributed by atoms with E-state index in [2.05, 4.69) is 10.3 Å². The van der Waals surface area contributed by atoms with Gasteiger partial charge in [0, 0.05) is 19.3 Å². The summed E-state index contributed by atoms with van der Waals surface area (Å²) in [6.45, 7) is 0. The van der Waals surface area contributed by atoms with Crippen molar-refractivity contribution >= 4 is 15.5 Å². The van der Waals surface area contributed by atoms with Crippen molar-refractivity contribution in [2.45, 2.75) is 10.6 Å². The summed E-state index contributed by atoms with van der Waals surface area (Å²) >= 11 is 0. The summed E-state index contributed by atoms with van der Waals surface area (Å²) in [5, 5.41) is 7.46. The van der Waals surface area contributed by atoms with Crippen LogP contribution < -0.4 is 10.5 Å². The second-order valence-electron chi connectivity index (χ2n) is 4.05. The monoisotopic (exact) mass is 282 g/mol. The number of aromatic nitrogens is 3. The molecule has 0 saturated carbocycles. The van der Waals surface area contributed by atoms with E-state index in [0.29, 0.717) is 11.4 Å².